The fraction of sp³-hybridized carbons (Fsp3) is 0.800. The molecule has 1 aromatic carbocycles. The van der Waals surface area contributed by atoms with E-state index >= 15 is 0 Å². The van der Waals surface area contributed by atoms with Crippen LogP contribution in [-0.4, -0.2) is 151 Å². The van der Waals surface area contributed by atoms with Crippen molar-refractivity contribution in [3.63, 3.8) is 0 Å². The number of carbonyl (C=O) groups excluding carboxylic acids is 3. The smallest absolute Gasteiger partial charge is 0.411 e. The largest absolute Gasteiger partial charge is 0.497 e. The maximum Gasteiger partial charge on any atom is 0.411 e. The molecule has 61 heavy (non-hydrogen) atoms. The Morgan fingerprint density at radius 1 is 0.967 bits per heavy atom. The lowest BCUT2D eigenvalue weighted by atomic mass is 9.77. The molecule has 2 heterocycles. The Balaban J connectivity index is 2.13. The van der Waals surface area contributed by atoms with Gasteiger partial charge in [-0.05, 0) is 112 Å². The first kappa shape index (κ1) is 52.1. The van der Waals surface area contributed by atoms with Gasteiger partial charge in [0.2, 0.25) is 0 Å². The lowest BCUT2D eigenvalue weighted by Gasteiger charge is -2.47. The molecule has 1 aromatic rings. The summed E-state index contributed by atoms with van der Waals surface area (Å²) in [6.45, 7) is 16.7. The zero-order chi connectivity index (χ0) is 45.8. The van der Waals surface area contributed by atoms with Crippen LogP contribution in [0.4, 0.5) is 15.3 Å². The molecule has 0 aliphatic carbocycles. The summed E-state index contributed by atoms with van der Waals surface area (Å²) in [6, 6.07) is 5.70. The van der Waals surface area contributed by atoms with Crippen molar-refractivity contribution in [2.24, 2.45) is 17.8 Å². The molecule has 16 heteroatoms. The Bertz CT molecular complexity index is 1510. The molecule has 2 aliphatic heterocycles. The maximum absolute atomic E-state index is 14.4. The van der Waals surface area contributed by atoms with Crippen molar-refractivity contribution in [1.29, 1.82) is 0 Å². The Kier molecular flexibility index (Phi) is 20.0. The van der Waals surface area contributed by atoms with Gasteiger partial charge in [-0.3, -0.25) is 15.0 Å². The van der Waals surface area contributed by atoms with E-state index in [0.717, 1.165) is 25.7 Å². The summed E-state index contributed by atoms with van der Waals surface area (Å²) in [5.41, 5.74) is -3.15. The van der Waals surface area contributed by atoms with E-state index in [1.807, 2.05) is 51.7 Å². The van der Waals surface area contributed by atoms with Crippen LogP contribution in [0.2, 0.25) is 0 Å². The zero-order valence-electron chi connectivity index (χ0n) is 39.0. The number of amides is 2. The van der Waals surface area contributed by atoms with Gasteiger partial charge in [0, 0.05) is 36.8 Å². The van der Waals surface area contributed by atoms with Gasteiger partial charge < -0.3 is 54.0 Å². The predicted molar refractivity (Wildman–Crippen MR) is 232 cm³/mol. The number of aliphatic hydroxyl groups excluding tert-OH is 1. The number of nitrogens with one attached hydrogen (secondary N) is 2. The second kappa shape index (κ2) is 23.4. The number of rotatable bonds is 13. The quantitative estimate of drug-likeness (QED) is 0.0940. The summed E-state index contributed by atoms with van der Waals surface area (Å²) >= 11 is 0. The predicted octanol–water partition coefficient (Wildman–Crippen LogP) is 5.55. The standard InChI is InChI=1S/C45H78N4O12/c1-14-16-17-18-23-46-42(52)61-39-31(7)49(12)26-27(3)25-44(8,54)38(60-41-36(50)34(48(10)11)24-28(4)57-41)29(5)37(30(6)40(51)58-35(15-2)45(39,9)55)59-43(53)47-32-19-21-33(56-13)22-20-32/h19-22,27-31,34-39,41,50,54-55H,14-18,23-26H2,1-13H3,(H,46,52)(H,47,53)/t27-,28-,29+,30-,31-,34+,35-,36-,37+,38-,39-,41+,44-,45-/m1/s1. The molecule has 0 unspecified atom stereocenters. The van der Waals surface area contributed by atoms with Gasteiger partial charge in [0.1, 0.15) is 29.7 Å². The van der Waals surface area contributed by atoms with Crippen molar-refractivity contribution in [3.8, 4) is 5.75 Å². The van der Waals surface area contributed by atoms with Crippen LogP contribution in [0, 0.1) is 17.8 Å². The normalized spacial score (nSPS) is 35.9. The van der Waals surface area contributed by atoms with Gasteiger partial charge in [0.25, 0.3) is 0 Å². The minimum Gasteiger partial charge on any atom is -0.497 e. The second-order valence-electron chi connectivity index (χ2n) is 18.2. The zero-order valence-corrected chi connectivity index (χ0v) is 39.0. The number of hydrogen-bond acceptors (Lipinski definition) is 14. The number of unbranched alkanes of at least 4 members (excludes halogenated alkanes) is 3. The van der Waals surface area contributed by atoms with E-state index < -0.39 is 84.0 Å². The first-order valence-electron chi connectivity index (χ1n) is 22.1. The number of carbonyl (C=O) groups is 3. The van der Waals surface area contributed by atoms with Crippen LogP contribution in [0.1, 0.15) is 107 Å². The number of hydrogen-bond donors (Lipinski definition) is 5. The molecule has 3 rings (SSSR count). The summed E-state index contributed by atoms with van der Waals surface area (Å²) in [7, 11) is 7.10. The lowest BCUT2D eigenvalue weighted by Crippen LogP contribution is -2.61. The molecule has 0 spiro atoms. The Labute approximate surface area is 364 Å². The minimum absolute atomic E-state index is 0.149. The molecule has 0 aromatic heterocycles. The van der Waals surface area contributed by atoms with Crippen LogP contribution in [0.25, 0.3) is 0 Å². The number of anilines is 1. The van der Waals surface area contributed by atoms with E-state index in [-0.39, 0.29) is 30.9 Å². The van der Waals surface area contributed by atoms with Crippen LogP contribution < -0.4 is 15.4 Å². The molecule has 5 N–H and O–H groups in total. The van der Waals surface area contributed by atoms with Crippen LogP contribution in [-0.2, 0) is 28.5 Å². The molecular weight excluding hydrogens is 789 g/mol. The summed E-state index contributed by atoms with van der Waals surface area (Å²) in [4.78, 5) is 45.3. The topological polar surface area (TPSA) is 198 Å². The van der Waals surface area contributed by atoms with Crippen molar-refractivity contribution in [3.05, 3.63) is 24.3 Å². The van der Waals surface area contributed by atoms with Gasteiger partial charge in [-0.1, -0.05) is 47.0 Å². The summed E-state index contributed by atoms with van der Waals surface area (Å²) in [6.07, 6.45) is -4.32. The molecule has 0 saturated carbocycles. The number of alkyl carbamates (subject to hydrolysis) is 1. The number of benzene rings is 1. The molecule has 16 nitrogen and oxygen atoms in total. The van der Waals surface area contributed by atoms with Crippen molar-refractivity contribution < 1.29 is 58.1 Å². The lowest BCUT2D eigenvalue weighted by molar-refractivity contribution is -0.299. The molecule has 350 valence electrons. The van der Waals surface area contributed by atoms with E-state index in [1.54, 1.807) is 52.0 Å². The second-order valence-corrected chi connectivity index (χ2v) is 18.2. The van der Waals surface area contributed by atoms with Crippen molar-refractivity contribution in [1.82, 2.24) is 15.1 Å². The third-order valence-electron chi connectivity index (χ3n) is 12.5. The fourth-order valence-corrected chi connectivity index (χ4v) is 8.98. The van der Waals surface area contributed by atoms with Crippen molar-refractivity contribution in [2.45, 2.75) is 173 Å². The minimum atomic E-state index is -1.89. The Morgan fingerprint density at radius 3 is 2.21 bits per heavy atom. The Hall–Kier alpha value is -3.25. The molecule has 2 aliphatic rings. The van der Waals surface area contributed by atoms with Gasteiger partial charge in [-0.2, -0.15) is 0 Å². The van der Waals surface area contributed by atoms with E-state index in [1.165, 1.54) is 14.0 Å². The third kappa shape index (κ3) is 14.4. The summed E-state index contributed by atoms with van der Waals surface area (Å²) in [5.74, 6) is -2.57. The number of cyclic esters (lactones) is 1. The Morgan fingerprint density at radius 2 is 1.62 bits per heavy atom. The monoisotopic (exact) mass is 867 g/mol. The highest BCUT2D eigenvalue weighted by molar-refractivity contribution is 5.85. The number of nitrogens with zero attached hydrogens (tertiary/aromatic N) is 2. The van der Waals surface area contributed by atoms with Gasteiger partial charge in [0.15, 0.2) is 12.4 Å². The first-order valence-corrected chi connectivity index (χ1v) is 22.1. The number of aliphatic hydroxyl groups is 3. The highest BCUT2D eigenvalue weighted by atomic mass is 16.7. The fourth-order valence-electron chi connectivity index (χ4n) is 8.98. The number of ether oxygens (including phenoxy) is 6. The van der Waals surface area contributed by atoms with E-state index in [9.17, 15) is 29.7 Å². The average Bonchev–Trinajstić information content (AvgIpc) is 3.19. The van der Waals surface area contributed by atoms with Gasteiger partial charge >= 0.3 is 18.2 Å². The molecule has 2 fully saturated rings. The molecule has 0 radical (unpaired) electrons. The van der Waals surface area contributed by atoms with Gasteiger partial charge in [0.05, 0.1) is 30.8 Å². The van der Waals surface area contributed by atoms with E-state index in [4.69, 9.17) is 28.4 Å². The van der Waals surface area contributed by atoms with E-state index in [2.05, 4.69) is 17.6 Å². The molecule has 2 amide bonds. The maximum atomic E-state index is 14.4. The number of esters is 1. The molecule has 0 bridgehead atoms. The summed E-state index contributed by atoms with van der Waals surface area (Å²) in [5, 5.41) is 42.1. The van der Waals surface area contributed by atoms with Gasteiger partial charge in [-0.25, -0.2) is 9.59 Å². The SMILES string of the molecule is CCCCCCNC(=O)O[C@@H]1[C@@H](C)N(C)C[C@H](C)C[C@@](C)(O)[C@H](O[C@@H]2O[C@H](C)C[C@H](N(C)C)[C@H]2O)[C@@H](C)[C@H](OC(=O)Nc2ccc(OC)cc2)[C@@H](C)C(=O)O[C@H](CC)[C@@]1(C)O. The van der Waals surface area contributed by atoms with Crippen LogP contribution in [0.3, 0.4) is 0 Å². The number of likely N-dealkylation sites (N-methyl/N-ethyl adjacent to an activating group) is 2. The number of methoxy groups -OCH3 is 1. The van der Waals surface area contributed by atoms with Crippen molar-refractivity contribution in [2.75, 3.05) is 46.7 Å². The van der Waals surface area contributed by atoms with Gasteiger partial charge in [-0.15, -0.1) is 0 Å². The molecular formula is C45H78N4O12. The summed E-state index contributed by atoms with van der Waals surface area (Å²) < 4.78 is 36.4. The molecule has 2 saturated heterocycles. The van der Waals surface area contributed by atoms with Crippen LogP contribution in [0.15, 0.2) is 24.3 Å². The molecule has 14 atom stereocenters. The highest BCUT2D eigenvalue weighted by Crippen LogP contribution is 2.38. The van der Waals surface area contributed by atoms with Crippen molar-refractivity contribution >= 4 is 23.8 Å². The average molecular weight is 867 g/mol. The van der Waals surface area contributed by atoms with Crippen LogP contribution >= 0.6 is 0 Å². The third-order valence-corrected chi connectivity index (χ3v) is 12.5. The highest BCUT2D eigenvalue weighted by Gasteiger charge is 2.52. The van der Waals surface area contributed by atoms with E-state index in [0.29, 0.717) is 30.9 Å². The first-order chi connectivity index (χ1) is 28.6. The van der Waals surface area contributed by atoms with Crippen LogP contribution in [0.5, 0.6) is 5.75 Å².